The van der Waals surface area contributed by atoms with E-state index in [4.69, 9.17) is 0 Å². The van der Waals surface area contributed by atoms with Crippen molar-refractivity contribution in [1.82, 2.24) is 4.57 Å². The van der Waals surface area contributed by atoms with Gasteiger partial charge in [-0.2, -0.15) is 0 Å². The van der Waals surface area contributed by atoms with Gasteiger partial charge in [-0.25, -0.2) is 0 Å². The number of rotatable bonds is 20. The summed E-state index contributed by atoms with van der Waals surface area (Å²) in [6.07, 6.45) is 22.9. The summed E-state index contributed by atoms with van der Waals surface area (Å²) in [5.41, 5.74) is 10.8. The van der Waals surface area contributed by atoms with Crippen molar-refractivity contribution >= 4 is 46.2 Å². The van der Waals surface area contributed by atoms with Gasteiger partial charge in [-0.1, -0.05) is 127 Å². The molecule has 0 bridgehead atoms. The van der Waals surface area contributed by atoms with Crippen molar-refractivity contribution < 1.29 is 0 Å². The summed E-state index contributed by atoms with van der Waals surface area (Å²) >= 11 is 7.54. The van der Waals surface area contributed by atoms with Gasteiger partial charge in [0, 0.05) is 18.2 Å². The van der Waals surface area contributed by atoms with Crippen LogP contribution < -0.4 is 0 Å². The molecule has 2 aromatic carbocycles. The highest BCUT2D eigenvalue weighted by atomic mass is 32.2. The summed E-state index contributed by atoms with van der Waals surface area (Å²) in [4.78, 5) is 2.72. The Bertz CT molecular complexity index is 1550. The Labute approximate surface area is 308 Å². The van der Waals surface area contributed by atoms with Gasteiger partial charge in [0.15, 0.2) is 0 Å². The first-order valence-electron chi connectivity index (χ1n) is 18.3. The quantitative estimate of drug-likeness (QED) is 0.0584. The summed E-state index contributed by atoms with van der Waals surface area (Å²) in [6.45, 7) is 4.58. The van der Waals surface area contributed by atoms with Gasteiger partial charge >= 0.3 is 0 Å². The zero-order valence-electron chi connectivity index (χ0n) is 29.9. The molecule has 5 aromatic rings. The number of aromatic nitrogens is 1. The SMILES string of the molecule is CCCCCCCCc1ccc(-c2cc(SC)sc2-c2ccc(-c3sc(SC)cc3-c3ccc(CCCCCCCC)cc3)n2C)cc1. The zero-order valence-corrected chi connectivity index (χ0v) is 33.2. The van der Waals surface area contributed by atoms with Gasteiger partial charge < -0.3 is 4.57 Å². The lowest BCUT2D eigenvalue weighted by Gasteiger charge is -2.11. The van der Waals surface area contributed by atoms with Crippen LogP contribution in [0.4, 0.5) is 0 Å². The predicted octanol–water partition coefficient (Wildman–Crippen LogP) is 15.1. The molecule has 0 aliphatic rings. The van der Waals surface area contributed by atoms with Gasteiger partial charge in [-0.15, -0.1) is 46.2 Å². The molecule has 1 nitrogen and oxygen atoms in total. The Hall–Kier alpha value is -2.18. The van der Waals surface area contributed by atoms with E-state index in [2.05, 4.69) is 111 Å². The molecule has 5 heteroatoms. The molecule has 0 N–H and O–H groups in total. The molecule has 0 unspecified atom stereocenters. The number of thioether (sulfide) groups is 2. The van der Waals surface area contributed by atoms with Crippen molar-refractivity contribution in [2.75, 3.05) is 12.5 Å². The van der Waals surface area contributed by atoms with E-state index in [-0.39, 0.29) is 0 Å². The predicted molar refractivity (Wildman–Crippen MR) is 221 cm³/mol. The molecule has 256 valence electrons. The van der Waals surface area contributed by atoms with E-state index in [0.29, 0.717) is 0 Å². The standard InChI is InChI=1S/C43H55NS4/c1-6-8-10-12-14-16-18-32-20-24-34(25-21-32)36-30-40(45-4)47-42(36)38-28-29-39(44(38)3)43-37(31-41(46-5)48-43)35-26-22-33(23-27-35)19-17-15-13-11-9-7-2/h20-31H,6-19H2,1-5H3. The fourth-order valence-corrected chi connectivity index (χ4v) is 10.2. The normalized spacial score (nSPS) is 11.5. The van der Waals surface area contributed by atoms with Crippen molar-refractivity contribution in [1.29, 1.82) is 0 Å². The van der Waals surface area contributed by atoms with E-state index in [1.54, 1.807) is 0 Å². The minimum atomic E-state index is 1.18. The Morgan fingerprint density at radius 2 is 0.875 bits per heavy atom. The number of unbranched alkanes of at least 4 members (excludes halogenated alkanes) is 10. The van der Waals surface area contributed by atoms with Crippen LogP contribution >= 0.6 is 46.2 Å². The Morgan fingerprint density at radius 3 is 1.25 bits per heavy atom. The monoisotopic (exact) mass is 713 g/mol. The number of thiophene rings is 2. The number of hydrogen-bond donors (Lipinski definition) is 0. The van der Waals surface area contributed by atoms with E-state index in [1.165, 1.54) is 153 Å². The number of hydrogen-bond acceptors (Lipinski definition) is 4. The minimum absolute atomic E-state index is 1.18. The van der Waals surface area contributed by atoms with Crippen LogP contribution in [0.1, 0.15) is 102 Å². The largest absolute Gasteiger partial charge is 0.342 e. The van der Waals surface area contributed by atoms with E-state index < -0.39 is 0 Å². The van der Waals surface area contributed by atoms with E-state index in [9.17, 15) is 0 Å². The van der Waals surface area contributed by atoms with E-state index >= 15 is 0 Å². The molecule has 0 amide bonds. The molecule has 0 aliphatic carbocycles. The molecule has 3 heterocycles. The van der Waals surface area contributed by atoms with Crippen LogP contribution in [-0.2, 0) is 19.9 Å². The Kier molecular flexibility index (Phi) is 14.9. The first-order chi connectivity index (χ1) is 23.6. The van der Waals surface area contributed by atoms with Crippen LogP contribution in [0.5, 0.6) is 0 Å². The lowest BCUT2D eigenvalue weighted by Crippen LogP contribution is -1.94. The summed E-state index contributed by atoms with van der Waals surface area (Å²) in [5.74, 6) is 0. The maximum Gasteiger partial charge on any atom is 0.0609 e. The highest BCUT2D eigenvalue weighted by molar-refractivity contribution is 8.00. The third-order valence-electron chi connectivity index (χ3n) is 9.58. The summed E-state index contributed by atoms with van der Waals surface area (Å²) in [5, 5.41) is 0. The van der Waals surface area contributed by atoms with Crippen molar-refractivity contribution in [3.63, 3.8) is 0 Å². The third kappa shape index (κ3) is 9.74. The maximum atomic E-state index is 2.43. The fraction of sp³-hybridized carbons (Fsp3) is 0.442. The number of benzene rings is 2. The lowest BCUT2D eigenvalue weighted by molar-refractivity contribution is 0.607. The second kappa shape index (κ2) is 19.3. The molecular weight excluding hydrogens is 659 g/mol. The molecular formula is C43H55NS4. The molecule has 3 aromatic heterocycles. The highest BCUT2D eigenvalue weighted by Crippen LogP contribution is 2.47. The lowest BCUT2D eigenvalue weighted by atomic mass is 10.0. The van der Waals surface area contributed by atoms with Crippen molar-refractivity contribution in [2.24, 2.45) is 7.05 Å². The van der Waals surface area contributed by atoms with Gasteiger partial charge in [-0.05, 0) is 84.7 Å². The van der Waals surface area contributed by atoms with Crippen LogP contribution in [0.15, 0.2) is 81.2 Å². The second-order valence-electron chi connectivity index (χ2n) is 13.1. The average Bonchev–Trinajstić information content (AvgIpc) is 3.85. The van der Waals surface area contributed by atoms with Crippen molar-refractivity contribution in [3.8, 4) is 43.4 Å². The zero-order chi connectivity index (χ0) is 33.7. The molecule has 0 radical (unpaired) electrons. The first kappa shape index (κ1) is 37.1. The minimum Gasteiger partial charge on any atom is -0.342 e. The molecule has 0 spiro atoms. The first-order valence-corrected chi connectivity index (χ1v) is 22.3. The van der Waals surface area contributed by atoms with Gasteiger partial charge in [-0.3, -0.25) is 0 Å². The van der Waals surface area contributed by atoms with E-state index in [1.807, 2.05) is 46.2 Å². The Balaban J connectivity index is 1.35. The van der Waals surface area contributed by atoms with Crippen molar-refractivity contribution in [3.05, 3.63) is 83.9 Å². The fourth-order valence-electron chi connectivity index (χ4n) is 6.64. The van der Waals surface area contributed by atoms with Gasteiger partial charge in [0.25, 0.3) is 0 Å². The molecule has 0 atom stereocenters. The van der Waals surface area contributed by atoms with Crippen molar-refractivity contribution in [2.45, 2.75) is 112 Å². The van der Waals surface area contributed by atoms with Gasteiger partial charge in [0.2, 0.25) is 0 Å². The van der Waals surface area contributed by atoms with Crippen LogP contribution in [0.2, 0.25) is 0 Å². The molecule has 0 saturated carbocycles. The van der Waals surface area contributed by atoms with Gasteiger partial charge in [0.05, 0.1) is 29.6 Å². The third-order valence-corrected chi connectivity index (χ3v) is 14.0. The summed E-state index contributed by atoms with van der Waals surface area (Å²) in [7, 11) is 2.25. The van der Waals surface area contributed by atoms with Crippen LogP contribution in [0.3, 0.4) is 0 Å². The van der Waals surface area contributed by atoms with Crippen LogP contribution in [-0.4, -0.2) is 17.1 Å². The average molecular weight is 714 g/mol. The number of nitrogens with zero attached hydrogens (tertiary/aromatic N) is 1. The topological polar surface area (TPSA) is 4.93 Å². The molecule has 0 aliphatic heterocycles. The molecule has 0 saturated heterocycles. The molecule has 48 heavy (non-hydrogen) atoms. The maximum absolute atomic E-state index is 2.43. The number of aryl methyl sites for hydroxylation is 2. The smallest absolute Gasteiger partial charge is 0.0609 e. The van der Waals surface area contributed by atoms with Gasteiger partial charge in [0.1, 0.15) is 0 Å². The second-order valence-corrected chi connectivity index (χ2v) is 17.4. The molecule has 0 fully saturated rings. The summed E-state index contributed by atoms with van der Waals surface area (Å²) in [6, 6.07) is 28.3. The van der Waals surface area contributed by atoms with E-state index in [0.717, 1.165) is 0 Å². The highest BCUT2D eigenvalue weighted by Gasteiger charge is 2.20. The van der Waals surface area contributed by atoms with Crippen LogP contribution in [0.25, 0.3) is 43.4 Å². The summed E-state index contributed by atoms with van der Waals surface area (Å²) < 4.78 is 5.15. The molecule has 5 rings (SSSR count). The Morgan fingerprint density at radius 1 is 0.500 bits per heavy atom. The van der Waals surface area contributed by atoms with Crippen LogP contribution in [0, 0.1) is 0 Å².